The smallest absolute Gasteiger partial charge is 0.243 e. The van der Waals surface area contributed by atoms with Crippen molar-refractivity contribution in [3.8, 4) is 0 Å². The number of hydrogen-bond acceptors (Lipinski definition) is 2. The Labute approximate surface area is 173 Å². The normalized spacial score (nSPS) is 12.9. The minimum absolute atomic E-state index is 0.0463. The van der Waals surface area contributed by atoms with Crippen molar-refractivity contribution in [2.24, 2.45) is 0 Å². The molecule has 1 N–H and O–H groups in total. The van der Waals surface area contributed by atoms with Crippen LogP contribution in [0.4, 0.5) is 4.39 Å². The Hall–Kier alpha value is -2.69. The molecule has 0 aliphatic rings. The largest absolute Gasteiger partial charge is 0.352 e. The van der Waals surface area contributed by atoms with Crippen LogP contribution in [0.15, 0.2) is 48.5 Å². The highest BCUT2D eigenvalue weighted by Crippen LogP contribution is 2.16. The summed E-state index contributed by atoms with van der Waals surface area (Å²) in [5.74, 6) is -0.623. The van der Waals surface area contributed by atoms with Gasteiger partial charge in [0.2, 0.25) is 11.8 Å². The second-order valence-electron chi connectivity index (χ2n) is 7.55. The predicted molar refractivity (Wildman–Crippen MR) is 114 cm³/mol. The first-order valence-electron chi connectivity index (χ1n) is 10.2. The number of nitrogens with zero attached hydrogens (tertiary/aromatic N) is 1. The summed E-state index contributed by atoms with van der Waals surface area (Å²) in [6, 6.07) is 13.4. The van der Waals surface area contributed by atoms with Gasteiger partial charge in [-0.2, -0.15) is 0 Å². The summed E-state index contributed by atoms with van der Waals surface area (Å²) in [5.41, 5.74) is 2.83. The van der Waals surface area contributed by atoms with Gasteiger partial charge in [-0.3, -0.25) is 9.59 Å². The fourth-order valence-electron chi connectivity index (χ4n) is 3.13. The minimum Gasteiger partial charge on any atom is -0.352 e. The maximum Gasteiger partial charge on any atom is 0.243 e. The van der Waals surface area contributed by atoms with Crippen LogP contribution in [0, 0.1) is 12.7 Å². The molecule has 0 aliphatic carbocycles. The van der Waals surface area contributed by atoms with E-state index in [-0.39, 0.29) is 30.1 Å². The van der Waals surface area contributed by atoms with Crippen molar-refractivity contribution < 1.29 is 14.0 Å². The SMILES string of the molecule is CC[C@H](C(=O)N[C@@H](C)CC)N(Cc1ccc(C)cc1)C(=O)Cc1ccc(F)cc1. The molecule has 0 saturated carbocycles. The molecule has 0 bridgehead atoms. The Bertz CT molecular complexity index is 803. The number of amides is 2. The highest BCUT2D eigenvalue weighted by Gasteiger charge is 2.29. The molecular weight excluding hydrogens is 367 g/mol. The monoisotopic (exact) mass is 398 g/mol. The van der Waals surface area contributed by atoms with Crippen LogP contribution in [0.3, 0.4) is 0 Å². The molecule has 2 aromatic rings. The summed E-state index contributed by atoms with van der Waals surface area (Å²) in [7, 11) is 0. The van der Waals surface area contributed by atoms with Crippen LogP contribution in [-0.4, -0.2) is 28.8 Å². The first kappa shape index (κ1) is 22.6. The quantitative estimate of drug-likeness (QED) is 0.681. The summed E-state index contributed by atoms with van der Waals surface area (Å²) < 4.78 is 13.2. The van der Waals surface area contributed by atoms with E-state index in [1.54, 1.807) is 17.0 Å². The van der Waals surface area contributed by atoms with Crippen molar-refractivity contribution in [3.63, 3.8) is 0 Å². The maximum absolute atomic E-state index is 13.2. The van der Waals surface area contributed by atoms with Crippen molar-refractivity contribution in [1.82, 2.24) is 10.2 Å². The number of aryl methyl sites for hydroxylation is 1. The van der Waals surface area contributed by atoms with Gasteiger partial charge in [-0.15, -0.1) is 0 Å². The van der Waals surface area contributed by atoms with E-state index < -0.39 is 6.04 Å². The molecule has 0 aliphatic heterocycles. The molecule has 2 atom stereocenters. The van der Waals surface area contributed by atoms with Gasteiger partial charge in [-0.05, 0) is 49.9 Å². The first-order valence-corrected chi connectivity index (χ1v) is 10.2. The molecule has 4 nitrogen and oxygen atoms in total. The summed E-state index contributed by atoms with van der Waals surface area (Å²) in [6.45, 7) is 8.24. The molecule has 2 amide bonds. The van der Waals surface area contributed by atoms with Gasteiger partial charge in [0.25, 0.3) is 0 Å². The third-order valence-electron chi connectivity index (χ3n) is 5.13. The minimum atomic E-state index is -0.557. The summed E-state index contributed by atoms with van der Waals surface area (Å²) >= 11 is 0. The van der Waals surface area contributed by atoms with Crippen LogP contribution in [0.25, 0.3) is 0 Å². The zero-order valence-electron chi connectivity index (χ0n) is 17.7. The molecule has 0 unspecified atom stereocenters. The van der Waals surface area contributed by atoms with Gasteiger partial charge in [-0.25, -0.2) is 4.39 Å². The van der Waals surface area contributed by atoms with E-state index in [2.05, 4.69) is 5.32 Å². The molecule has 156 valence electrons. The second-order valence-corrected chi connectivity index (χ2v) is 7.55. The number of carbonyl (C=O) groups is 2. The van der Waals surface area contributed by atoms with Crippen LogP contribution in [0.1, 0.15) is 50.3 Å². The van der Waals surface area contributed by atoms with Gasteiger partial charge in [0.15, 0.2) is 0 Å². The first-order chi connectivity index (χ1) is 13.8. The van der Waals surface area contributed by atoms with E-state index in [1.807, 2.05) is 52.0 Å². The summed E-state index contributed by atoms with van der Waals surface area (Å²) in [4.78, 5) is 27.7. The predicted octanol–water partition coefficient (Wildman–Crippen LogP) is 4.40. The van der Waals surface area contributed by atoms with Crippen LogP contribution >= 0.6 is 0 Å². The van der Waals surface area contributed by atoms with E-state index in [4.69, 9.17) is 0 Å². The van der Waals surface area contributed by atoms with E-state index >= 15 is 0 Å². The lowest BCUT2D eigenvalue weighted by Gasteiger charge is -2.31. The topological polar surface area (TPSA) is 49.4 Å². The van der Waals surface area contributed by atoms with Crippen LogP contribution in [0.2, 0.25) is 0 Å². The van der Waals surface area contributed by atoms with E-state index in [0.29, 0.717) is 13.0 Å². The Morgan fingerprint density at radius 2 is 1.55 bits per heavy atom. The number of benzene rings is 2. The number of halogens is 1. The molecule has 0 radical (unpaired) electrons. The lowest BCUT2D eigenvalue weighted by molar-refractivity contribution is -0.141. The average Bonchev–Trinajstić information content (AvgIpc) is 2.70. The third-order valence-corrected chi connectivity index (χ3v) is 5.13. The van der Waals surface area contributed by atoms with Crippen LogP contribution in [-0.2, 0) is 22.6 Å². The van der Waals surface area contributed by atoms with Crippen molar-refractivity contribution >= 4 is 11.8 Å². The van der Waals surface area contributed by atoms with Crippen molar-refractivity contribution in [1.29, 1.82) is 0 Å². The van der Waals surface area contributed by atoms with Gasteiger partial charge < -0.3 is 10.2 Å². The van der Waals surface area contributed by atoms with Gasteiger partial charge >= 0.3 is 0 Å². The zero-order valence-corrected chi connectivity index (χ0v) is 17.7. The standard InChI is InChI=1S/C24H31FN2O2/c1-5-18(4)26-24(29)22(6-2)27(16-20-9-7-17(3)8-10-20)23(28)15-19-11-13-21(25)14-12-19/h7-14,18,22H,5-6,15-16H2,1-4H3,(H,26,29)/t18-,22+/m0/s1. The van der Waals surface area contributed by atoms with Crippen LogP contribution in [0.5, 0.6) is 0 Å². The Morgan fingerprint density at radius 3 is 2.10 bits per heavy atom. The van der Waals surface area contributed by atoms with Gasteiger partial charge in [0.05, 0.1) is 6.42 Å². The van der Waals surface area contributed by atoms with Crippen LogP contribution < -0.4 is 5.32 Å². The molecule has 2 aromatic carbocycles. The molecule has 5 heteroatoms. The molecule has 29 heavy (non-hydrogen) atoms. The van der Waals surface area contributed by atoms with E-state index in [9.17, 15) is 14.0 Å². The number of rotatable bonds is 9. The maximum atomic E-state index is 13.2. The fourth-order valence-corrected chi connectivity index (χ4v) is 3.13. The number of carbonyl (C=O) groups excluding carboxylic acids is 2. The number of nitrogens with one attached hydrogen (secondary N) is 1. The Kier molecular flexibility index (Phi) is 8.37. The van der Waals surface area contributed by atoms with Gasteiger partial charge in [0, 0.05) is 12.6 Å². The lowest BCUT2D eigenvalue weighted by atomic mass is 10.1. The molecule has 0 spiro atoms. The summed E-state index contributed by atoms with van der Waals surface area (Å²) in [6.07, 6.45) is 1.46. The highest BCUT2D eigenvalue weighted by molar-refractivity contribution is 5.88. The molecule has 0 saturated heterocycles. The Balaban J connectivity index is 2.26. The third kappa shape index (κ3) is 6.70. The second kappa shape index (κ2) is 10.7. The van der Waals surface area contributed by atoms with Crippen molar-refractivity contribution in [3.05, 3.63) is 71.0 Å². The Morgan fingerprint density at radius 1 is 0.966 bits per heavy atom. The van der Waals surface area contributed by atoms with Gasteiger partial charge in [-0.1, -0.05) is 55.8 Å². The fraction of sp³-hybridized carbons (Fsp3) is 0.417. The van der Waals surface area contributed by atoms with E-state index in [0.717, 1.165) is 23.1 Å². The number of hydrogen-bond donors (Lipinski definition) is 1. The highest BCUT2D eigenvalue weighted by atomic mass is 19.1. The molecular formula is C24H31FN2O2. The zero-order chi connectivity index (χ0) is 21.4. The van der Waals surface area contributed by atoms with Crippen molar-refractivity contribution in [2.75, 3.05) is 0 Å². The molecule has 0 fully saturated rings. The summed E-state index contributed by atoms with van der Waals surface area (Å²) in [5, 5.41) is 3.00. The van der Waals surface area contributed by atoms with Crippen molar-refractivity contribution in [2.45, 2.75) is 65.6 Å². The average molecular weight is 399 g/mol. The lowest BCUT2D eigenvalue weighted by Crippen LogP contribution is -2.51. The molecule has 0 aromatic heterocycles. The van der Waals surface area contributed by atoms with Gasteiger partial charge in [0.1, 0.15) is 11.9 Å². The van der Waals surface area contributed by atoms with E-state index in [1.165, 1.54) is 12.1 Å². The molecule has 0 heterocycles. The molecule has 2 rings (SSSR count).